The highest BCUT2D eigenvalue weighted by atomic mass is 32.2. The average Bonchev–Trinajstić information content (AvgIpc) is 2.24. The van der Waals surface area contributed by atoms with Gasteiger partial charge in [-0.05, 0) is 6.92 Å². The van der Waals surface area contributed by atoms with Crippen LogP contribution in [0.15, 0.2) is 11.0 Å². The van der Waals surface area contributed by atoms with Gasteiger partial charge in [-0.3, -0.25) is 4.21 Å². The van der Waals surface area contributed by atoms with Crippen molar-refractivity contribution in [1.29, 1.82) is 0 Å². The molecule has 0 spiro atoms. The summed E-state index contributed by atoms with van der Waals surface area (Å²) >= 11 is 0. The molecule has 1 aromatic rings. The van der Waals surface area contributed by atoms with Gasteiger partial charge in [-0.15, -0.1) is 0 Å². The van der Waals surface area contributed by atoms with Crippen LogP contribution in [0.4, 0.5) is 17.6 Å². The molecule has 0 aromatic heterocycles. The predicted molar refractivity (Wildman–Crippen MR) is 65.0 cm³/mol. The molecule has 0 aliphatic rings. The Kier molecular flexibility index (Phi) is 5.27. The molecule has 2 atom stereocenters. The summed E-state index contributed by atoms with van der Waals surface area (Å²) < 4.78 is 89.0. The zero-order chi connectivity index (χ0) is 15.7. The van der Waals surface area contributed by atoms with E-state index >= 15 is 0 Å². The smallest absolute Gasteiger partial charge is 0.246 e. The number of nitrogens with one attached hydrogen (secondary N) is 1. The molecule has 0 saturated heterocycles. The van der Waals surface area contributed by atoms with Crippen molar-refractivity contribution < 1.29 is 30.2 Å². The Morgan fingerprint density at radius 1 is 1.20 bits per heavy atom. The van der Waals surface area contributed by atoms with Crippen LogP contribution in [0.5, 0.6) is 0 Å². The van der Waals surface area contributed by atoms with E-state index in [-0.39, 0.29) is 11.8 Å². The summed E-state index contributed by atoms with van der Waals surface area (Å²) in [7, 11) is -6.19. The van der Waals surface area contributed by atoms with Crippen molar-refractivity contribution >= 4 is 20.8 Å². The molecule has 0 aliphatic heterocycles. The fourth-order valence-electron chi connectivity index (χ4n) is 1.50. The summed E-state index contributed by atoms with van der Waals surface area (Å²) in [5.41, 5.74) is 0. The fraction of sp³-hybridized carbons (Fsp3) is 0.400. The molecule has 114 valence electrons. The van der Waals surface area contributed by atoms with Crippen LogP contribution in [0.1, 0.15) is 6.92 Å². The molecule has 20 heavy (non-hydrogen) atoms. The predicted octanol–water partition coefficient (Wildman–Crippen LogP) is 1.29. The van der Waals surface area contributed by atoms with Crippen molar-refractivity contribution in [3.63, 3.8) is 0 Å². The van der Waals surface area contributed by atoms with Crippen LogP contribution in [0.2, 0.25) is 0 Å². The van der Waals surface area contributed by atoms with Gasteiger partial charge in [-0.1, -0.05) is 0 Å². The maximum absolute atomic E-state index is 13.4. The first-order chi connectivity index (χ1) is 9.06. The molecular weight excluding hydrogens is 322 g/mol. The third-order valence-electron chi connectivity index (χ3n) is 2.18. The van der Waals surface area contributed by atoms with Gasteiger partial charge in [0.25, 0.3) is 0 Å². The summed E-state index contributed by atoms with van der Waals surface area (Å²) in [6.07, 6.45) is 1.30. The third-order valence-corrected chi connectivity index (χ3v) is 4.76. The number of benzene rings is 1. The van der Waals surface area contributed by atoms with Gasteiger partial charge < -0.3 is 0 Å². The molecule has 0 radical (unpaired) electrons. The second-order valence-corrected chi connectivity index (χ2v) is 7.19. The molecule has 0 fully saturated rings. The molecule has 0 bridgehead atoms. The van der Waals surface area contributed by atoms with Crippen LogP contribution in [-0.2, 0) is 20.8 Å². The highest BCUT2D eigenvalue weighted by Crippen LogP contribution is 2.23. The number of hydrogen-bond donors (Lipinski definition) is 1. The Labute approximate surface area is 115 Å². The van der Waals surface area contributed by atoms with Gasteiger partial charge in [-0.25, -0.2) is 30.7 Å². The van der Waals surface area contributed by atoms with E-state index in [9.17, 15) is 30.2 Å². The molecule has 0 heterocycles. The van der Waals surface area contributed by atoms with E-state index < -0.39 is 55.0 Å². The van der Waals surface area contributed by atoms with Crippen LogP contribution in [0.3, 0.4) is 0 Å². The van der Waals surface area contributed by atoms with E-state index in [1.807, 2.05) is 0 Å². The van der Waals surface area contributed by atoms with Crippen LogP contribution in [0, 0.1) is 23.3 Å². The Bertz CT molecular complexity index is 622. The van der Waals surface area contributed by atoms with Crippen molar-refractivity contribution in [3.8, 4) is 0 Å². The lowest BCUT2D eigenvalue weighted by Crippen LogP contribution is -2.37. The summed E-state index contributed by atoms with van der Waals surface area (Å²) in [6.45, 7) is 1.30. The van der Waals surface area contributed by atoms with E-state index in [0.717, 1.165) is 0 Å². The molecular formula is C10H11F4NO3S2. The van der Waals surface area contributed by atoms with Gasteiger partial charge in [-0.2, -0.15) is 0 Å². The lowest BCUT2D eigenvalue weighted by molar-refractivity contribution is 0.417. The third kappa shape index (κ3) is 3.76. The van der Waals surface area contributed by atoms with Crippen molar-refractivity contribution in [2.24, 2.45) is 0 Å². The molecule has 1 N–H and O–H groups in total. The minimum absolute atomic E-state index is 0.0891. The highest BCUT2D eigenvalue weighted by molar-refractivity contribution is 7.89. The van der Waals surface area contributed by atoms with E-state index in [2.05, 4.69) is 0 Å². The summed E-state index contributed by atoms with van der Waals surface area (Å²) in [4.78, 5) is -1.73. The average molecular weight is 333 g/mol. The fourth-order valence-corrected chi connectivity index (χ4v) is 3.79. The summed E-state index contributed by atoms with van der Waals surface area (Å²) in [5.74, 6) is -7.80. The van der Waals surface area contributed by atoms with Gasteiger partial charge >= 0.3 is 0 Å². The summed E-state index contributed by atoms with van der Waals surface area (Å²) in [5, 5.41) is 0. The quantitative estimate of drug-likeness (QED) is 0.652. The van der Waals surface area contributed by atoms with Gasteiger partial charge in [0.05, 0.1) is 0 Å². The van der Waals surface area contributed by atoms with Gasteiger partial charge in [0.15, 0.2) is 28.2 Å². The largest absolute Gasteiger partial charge is 0.260 e. The van der Waals surface area contributed by atoms with Crippen LogP contribution in [-0.4, -0.2) is 30.7 Å². The number of hydrogen-bond acceptors (Lipinski definition) is 3. The zero-order valence-electron chi connectivity index (χ0n) is 10.4. The van der Waals surface area contributed by atoms with Crippen molar-refractivity contribution in [2.75, 3.05) is 12.0 Å². The molecule has 1 rings (SSSR count). The van der Waals surface area contributed by atoms with E-state index in [1.165, 1.54) is 13.2 Å². The van der Waals surface area contributed by atoms with E-state index in [1.54, 1.807) is 4.72 Å². The molecule has 4 nitrogen and oxygen atoms in total. The van der Waals surface area contributed by atoms with E-state index in [0.29, 0.717) is 0 Å². The first-order valence-electron chi connectivity index (χ1n) is 5.21. The van der Waals surface area contributed by atoms with Crippen molar-refractivity contribution in [3.05, 3.63) is 29.3 Å². The maximum atomic E-state index is 13.4. The molecule has 10 heteroatoms. The normalized spacial score (nSPS) is 15.1. The molecule has 0 aliphatic carbocycles. The molecule has 0 amide bonds. The highest BCUT2D eigenvalue weighted by Gasteiger charge is 2.30. The van der Waals surface area contributed by atoms with Crippen molar-refractivity contribution in [2.45, 2.75) is 17.9 Å². The molecule has 1 aromatic carbocycles. The minimum atomic E-state index is -4.83. The lowest BCUT2D eigenvalue weighted by Gasteiger charge is -2.14. The molecule has 0 saturated carbocycles. The van der Waals surface area contributed by atoms with Gasteiger partial charge in [0, 0.05) is 34.9 Å². The monoisotopic (exact) mass is 333 g/mol. The van der Waals surface area contributed by atoms with Crippen LogP contribution < -0.4 is 4.72 Å². The Morgan fingerprint density at radius 3 is 2.05 bits per heavy atom. The lowest BCUT2D eigenvalue weighted by atomic mass is 10.3. The van der Waals surface area contributed by atoms with Gasteiger partial charge in [0.1, 0.15) is 0 Å². The van der Waals surface area contributed by atoms with Crippen LogP contribution >= 0.6 is 0 Å². The SMILES string of the molecule is C[C@@H](C[S@](C)=O)NS(=O)(=O)c1c(F)c(F)cc(F)c1F. The summed E-state index contributed by atoms with van der Waals surface area (Å²) in [6, 6.07) is -1.02. The number of sulfonamides is 1. The first-order valence-corrected chi connectivity index (χ1v) is 8.42. The standard InChI is InChI=1S/C10H11F4NO3S2/c1-5(4-19(2)16)15-20(17,18)10-8(13)6(11)3-7(12)9(10)14/h3,5,15H,4H2,1-2H3/t5-,19-/m0/s1. The second-order valence-electron chi connectivity index (χ2n) is 4.06. The minimum Gasteiger partial charge on any atom is -0.260 e. The second kappa shape index (κ2) is 6.19. The van der Waals surface area contributed by atoms with Crippen molar-refractivity contribution in [1.82, 2.24) is 4.72 Å². The number of halogens is 4. The Morgan fingerprint density at radius 2 is 1.65 bits per heavy atom. The molecule has 0 unspecified atom stereocenters. The topological polar surface area (TPSA) is 63.2 Å². The number of rotatable bonds is 5. The maximum Gasteiger partial charge on any atom is 0.246 e. The first kappa shape index (κ1) is 17.1. The Balaban J connectivity index is 3.26. The van der Waals surface area contributed by atoms with Gasteiger partial charge in [0.2, 0.25) is 10.0 Å². The zero-order valence-corrected chi connectivity index (χ0v) is 12.0. The Hall–Kier alpha value is -1.00. The van der Waals surface area contributed by atoms with Crippen LogP contribution in [0.25, 0.3) is 0 Å². The van der Waals surface area contributed by atoms with E-state index in [4.69, 9.17) is 0 Å².